The minimum absolute atomic E-state index is 0.895. The lowest BCUT2D eigenvalue weighted by Gasteiger charge is -1.87. The number of hydrogen-bond acceptors (Lipinski definition) is 5. The fourth-order valence-electron chi connectivity index (χ4n) is 0.621. The van der Waals surface area contributed by atoms with Crippen molar-refractivity contribution in [3.05, 3.63) is 21.6 Å². The second kappa shape index (κ2) is 3.87. The maximum absolute atomic E-state index is 4.25. The first-order valence-corrected chi connectivity index (χ1v) is 6.40. The molecule has 0 unspecified atom stereocenters. The molecule has 0 saturated heterocycles. The van der Waals surface area contributed by atoms with E-state index in [1.165, 1.54) is 0 Å². The Balaban J connectivity index is 2.14. The Hall–Kier alpha value is 0.0900. The lowest BCUT2D eigenvalue weighted by atomic mass is 11.0. The summed E-state index contributed by atoms with van der Waals surface area (Å²) >= 11 is 8.15. The highest BCUT2D eigenvalue weighted by Gasteiger charge is 2.03. The summed E-state index contributed by atoms with van der Waals surface area (Å²) in [5.41, 5.74) is 0. The molecule has 2 aromatic rings. The van der Waals surface area contributed by atoms with E-state index in [1.54, 1.807) is 40.6 Å². The number of thiazole rings is 2. The summed E-state index contributed by atoms with van der Waals surface area (Å²) in [4.78, 5) is 8.40. The predicted octanol–water partition coefficient (Wildman–Crippen LogP) is 3.51. The molecule has 0 aliphatic carbocycles. The monoisotopic (exact) mass is 278 g/mol. The zero-order chi connectivity index (χ0) is 8.39. The summed E-state index contributed by atoms with van der Waals surface area (Å²) in [6.45, 7) is 0. The summed E-state index contributed by atoms with van der Waals surface area (Å²) in [6.07, 6.45) is 1.80. The zero-order valence-electron chi connectivity index (χ0n) is 5.73. The molecule has 0 bridgehead atoms. The molecule has 0 spiro atoms. The van der Waals surface area contributed by atoms with Crippen LogP contribution < -0.4 is 0 Å². The van der Waals surface area contributed by atoms with Crippen LogP contribution in [0.3, 0.4) is 0 Å². The Labute approximate surface area is 90.2 Å². The minimum atomic E-state index is 0.895. The fourth-order valence-corrected chi connectivity index (χ4v) is 3.81. The van der Waals surface area contributed by atoms with Crippen LogP contribution in [0.1, 0.15) is 0 Å². The average Bonchev–Trinajstić information content (AvgIpc) is 2.63. The Bertz CT molecular complexity index is 357. The highest BCUT2D eigenvalue weighted by Crippen LogP contribution is 2.32. The molecule has 0 aromatic carbocycles. The molecule has 0 atom stereocenters. The second-order valence-corrected chi connectivity index (χ2v) is 5.90. The van der Waals surface area contributed by atoms with Crippen LogP contribution in [0.5, 0.6) is 0 Å². The van der Waals surface area contributed by atoms with E-state index < -0.39 is 0 Å². The van der Waals surface area contributed by atoms with Crippen molar-refractivity contribution in [1.29, 1.82) is 0 Å². The summed E-state index contributed by atoms with van der Waals surface area (Å²) in [5, 5.41) is 3.93. The van der Waals surface area contributed by atoms with Gasteiger partial charge in [0.25, 0.3) is 0 Å². The second-order valence-electron chi connectivity index (χ2n) is 1.84. The van der Waals surface area contributed by atoms with Crippen LogP contribution in [-0.4, -0.2) is 9.97 Å². The lowest BCUT2D eigenvalue weighted by Crippen LogP contribution is -1.68. The Morgan fingerprint density at radius 1 is 1.33 bits per heavy atom. The summed E-state index contributed by atoms with van der Waals surface area (Å²) in [6, 6.07) is 0. The van der Waals surface area contributed by atoms with Crippen LogP contribution in [0.25, 0.3) is 0 Å². The van der Waals surface area contributed by atoms with Gasteiger partial charge in [0.2, 0.25) is 0 Å². The van der Waals surface area contributed by atoms with Gasteiger partial charge in [0, 0.05) is 17.0 Å². The van der Waals surface area contributed by atoms with Gasteiger partial charge in [-0.05, 0) is 27.7 Å². The molecule has 2 heterocycles. The van der Waals surface area contributed by atoms with E-state index in [4.69, 9.17) is 0 Å². The van der Waals surface area contributed by atoms with Crippen molar-refractivity contribution >= 4 is 50.4 Å². The first-order chi connectivity index (χ1) is 5.84. The molecule has 0 saturated carbocycles. The first-order valence-electron chi connectivity index (χ1n) is 3.03. The van der Waals surface area contributed by atoms with Gasteiger partial charge in [-0.2, -0.15) is 0 Å². The van der Waals surface area contributed by atoms with E-state index >= 15 is 0 Å². The molecule has 0 radical (unpaired) electrons. The lowest BCUT2D eigenvalue weighted by molar-refractivity contribution is 1.19. The normalized spacial score (nSPS) is 10.4. The van der Waals surface area contributed by atoms with Gasteiger partial charge in [-0.3, -0.25) is 0 Å². The zero-order valence-corrected chi connectivity index (χ0v) is 9.76. The summed E-state index contributed by atoms with van der Waals surface area (Å²) in [7, 11) is 0. The summed E-state index contributed by atoms with van der Waals surface area (Å²) < 4.78 is 2.96. The number of nitrogens with zero attached hydrogens (tertiary/aromatic N) is 2. The fraction of sp³-hybridized carbons (Fsp3) is 0. The van der Waals surface area contributed by atoms with Crippen LogP contribution in [-0.2, 0) is 0 Å². The molecule has 6 heteroatoms. The minimum Gasteiger partial charge on any atom is -0.238 e. The van der Waals surface area contributed by atoms with Crippen molar-refractivity contribution in [2.45, 2.75) is 8.68 Å². The SMILES string of the molecule is Brc1csc(Sc2nccs2)n1. The van der Waals surface area contributed by atoms with Crippen molar-refractivity contribution in [2.24, 2.45) is 0 Å². The molecule has 2 rings (SSSR count). The van der Waals surface area contributed by atoms with Crippen LogP contribution in [0, 0.1) is 0 Å². The summed E-state index contributed by atoms with van der Waals surface area (Å²) in [5.74, 6) is 0. The van der Waals surface area contributed by atoms with Crippen molar-refractivity contribution < 1.29 is 0 Å². The average molecular weight is 279 g/mol. The third-order valence-electron chi connectivity index (χ3n) is 1.04. The third kappa shape index (κ3) is 2.07. The van der Waals surface area contributed by atoms with Crippen molar-refractivity contribution in [1.82, 2.24) is 9.97 Å². The Morgan fingerprint density at radius 3 is 2.83 bits per heavy atom. The van der Waals surface area contributed by atoms with Crippen LogP contribution in [0.2, 0.25) is 0 Å². The van der Waals surface area contributed by atoms with Crippen molar-refractivity contribution in [3.63, 3.8) is 0 Å². The van der Waals surface area contributed by atoms with Crippen LogP contribution >= 0.6 is 50.4 Å². The number of hydrogen-bond donors (Lipinski definition) is 0. The molecule has 0 aliphatic heterocycles. The van der Waals surface area contributed by atoms with E-state index in [9.17, 15) is 0 Å². The number of aromatic nitrogens is 2. The highest BCUT2D eigenvalue weighted by atomic mass is 79.9. The van der Waals surface area contributed by atoms with Gasteiger partial charge in [-0.1, -0.05) is 0 Å². The Morgan fingerprint density at radius 2 is 2.25 bits per heavy atom. The molecular formula is C6H3BrN2S3. The molecule has 12 heavy (non-hydrogen) atoms. The smallest absolute Gasteiger partial charge is 0.158 e. The van der Waals surface area contributed by atoms with Gasteiger partial charge in [-0.15, -0.1) is 22.7 Å². The molecular weight excluding hydrogens is 276 g/mol. The van der Waals surface area contributed by atoms with Crippen LogP contribution in [0.4, 0.5) is 0 Å². The van der Waals surface area contributed by atoms with E-state index in [-0.39, 0.29) is 0 Å². The van der Waals surface area contributed by atoms with Crippen molar-refractivity contribution in [3.8, 4) is 0 Å². The van der Waals surface area contributed by atoms with E-state index in [0.29, 0.717) is 0 Å². The standard InChI is InChI=1S/C6H3BrN2S3/c7-4-3-11-6(9-4)12-5-8-1-2-10-5/h1-3H. The quantitative estimate of drug-likeness (QED) is 0.841. The van der Waals surface area contributed by atoms with Gasteiger partial charge >= 0.3 is 0 Å². The molecule has 2 aromatic heterocycles. The molecule has 2 nitrogen and oxygen atoms in total. The largest absolute Gasteiger partial charge is 0.238 e. The molecule has 0 aliphatic rings. The molecule has 0 N–H and O–H groups in total. The maximum Gasteiger partial charge on any atom is 0.158 e. The van der Waals surface area contributed by atoms with Gasteiger partial charge in [0.05, 0.1) is 0 Å². The van der Waals surface area contributed by atoms with E-state index in [1.807, 2.05) is 10.8 Å². The maximum atomic E-state index is 4.25. The highest BCUT2D eigenvalue weighted by molar-refractivity contribution is 9.10. The van der Waals surface area contributed by atoms with Gasteiger partial charge in [0.15, 0.2) is 8.68 Å². The third-order valence-corrected chi connectivity index (χ3v) is 4.57. The van der Waals surface area contributed by atoms with E-state index in [2.05, 4.69) is 25.9 Å². The van der Waals surface area contributed by atoms with Crippen LogP contribution in [0.15, 0.2) is 30.2 Å². The van der Waals surface area contributed by atoms with Gasteiger partial charge in [-0.25, -0.2) is 9.97 Å². The first kappa shape index (κ1) is 8.68. The Kier molecular flexibility index (Phi) is 2.80. The van der Waals surface area contributed by atoms with Crippen molar-refractivity contribution in [2.75, 3.05) is 0 Å². The van der Waals surface area contributed by atoms with Gasteiger partial charge < -0.3 is 0 Å². The molecule has 62 valence electrons. The predicted molar refractivity (Wildman–Crippen MR) is 56.1 cm³/mol. The van der Waals surface area contributed by atoms with E-state index in [0.717, 1.165) is 13.3 Å². The molecule has 0 fully saturated rings. The van der Waals surface area contributed by atoms with Gasteiger partial charge in [0.1, 0.15) is 4.60 Å². The molecule has 0 amide bonds. The number of rotatable bonds is 2. The topological polar surface area (TPSA) is 25.8 Å². The number of halogens is 1.